The molecule has 2 heterocycles. The second kappa shape index (κ2) is 6.36. The molecular formula is C16H16N4O2S. The molecule has 0 saturated carbocycles. The normalized spacial score (nSPS) is 16.0. The van der Waals surface area contributed by atoms with Crippen LogP contribution < -0.4 is 4.90 Å². The van der Waals surface area contributed by atoms with Crippen LogP contribution in [0, 0.1) is 11.3 Å². The highest BCUT2D eigenvalue weighted by Gasteiger charge is 2.28. The predicted molar refractivity (Wildman–Crippen MR) is 86.4 cm³/mol. The van der Waals surface area contributed by atoms with Crippen LogP contribution in [0.5, 0.6) is 0 Å². The van der Waals surface area contributed by atoms with Gasteiger partial charge in [-0.15, -0.1) is 0 Å². The van der Waals surface area contributed by atoms with Crippen LogP contribution in [0.4, 0.5) is 5.69 Å². The monoisotopic (exact) mass is 328 g/mol. The number of benzene rings is 1. The molecule has 1 fully saturated rings. The number of sulfonamides is 1. The number of anilines is 1. The van der Waals surface area contributed by atoms with Crippen molar-refractivity contribution in [3.8, 4) is 6.07 Å². The third kappa shape index (κ3) is 3.18. The molecule has 118 valence electrons. The molecule has 2 aromatic rings. The lowest BCUT2D eigenvalue weighted by molar-refractivity contribution is 0.385. The summed E-state index contributed by atoms with van der Waals surface area (Å²) in [6.07, 6.45) is 3.46. The first kappa shape index (κ1) is 15.5. The largest absolute Gasteiger partial charge is 0.369 e. The molecule has 0 amide bonds. The molecule has 1 aliphatic heterocycles. The summed E-state index contributed by atoms with van der Waals surface area (Å²) in [4.78, 5) is 6.37. The number of hydrogen-bond donors (Lipinski definition) is 0. The van der Waals surface area contributed by atoms with Crippen molar-refractivity contribution in [1.29, 1.82) is 5.26 Å². The number of pyridine rings is 1. The SMILES string of the molecule is N#Cc1ccc(S(=O)(=O)N2CCN(c3ccncc3)CC2)cc1. The van der Waals surface area contributed by atoms with Gasteiger partial charge < -0.3 is 4.90 Å². The highest BCUT2D eigenvalue weighted by atomic mass is 32.2. The van der Waals surface area contributed by atoms with Crippen LogP contribution in [0.15, 0.2) is 53.7 Å². The Kier molecular flexibility index (Phi) is 4.28. The van der Waals surface area contributed by atoms with Gasteiger partial charge in [-0.25, -0.2) is 8.42 Å². The van der Waals surface area contributed by atoms with Crippen LogP contribution in [0.2, 0.25) is 0 Å². The summed E-state index contributed by atoms with van der Waals surface area (Å²) < 4.78 is 26.8. The zero-order chi connectivity index (χ0) is 16.3. The minimum atomic E-state index is -3.51. The summed E-state index contributed by atoms with van der Waals surface area (Å²) in [6.45, 7) is 2.15. The molecule has 0 bridgehead atoms. The van der Waals surface area contributed by atoms with Crippen LogP contribution in [0.25, 0.3) is 0 Å². The average molecular weight is 328 g/mol. The van der Waals surface area contributed by atoms with Crippen molar-refractivity contribution >= 4 is 15.7 Å². The Morgan fingerprint density at radius 2 is 1.57 bits per heavy atom. The standard InChI is InChI=1S/C16H16N4O2S/c17-13-14-1-3-16(4-2-14)23(21,22)20-11-9-19(10-12-20)15-5-7-18-8-6-15/h1-8H,9-12H2. The van der Waals surface area contributed by atoms with Crippen molar-refractivity contribution in [2.75, 3.05) is 31.1 Å². The summed E-state index contributed by atoms with van der Waals surface area (Å²) in [5.74, 6) is 0. The number of rotatable bonds is 3. The lowest BCUT2D eigenvalue weighted by atomic mass is 10.2. The maximum absolute atomic E-state index is 12.6. The second-order valence-corrected chi connectivity index (χ2v) is 7.17. The van der Waals surface area contributed by atoms with Gasteiger partial charge in [-0.2, -0.15) is 9.57 Å². The van der Waals surface area contributed by atoms with Crippen molar-refractivity contribution < 1.29 is 8.42 Å². The van der Waals surface area contributed by atoms with Crippen LogP contribution in [-0.2, 0) is 10.0 Å². The Balaban J connectivity index is 1.72. The molecule has 0 unspecified atom stereocenters. The van der Waals surface area contributed by atoms with Crippen molar-refractivity contribution in [3.63, 3.8) is 0 Å². The number of hydrogen-bond acceptors (Lipinski definition) is 5. The fraction of sp³-hybridized carbons (Fsp3) is 0.250. The molecule has 0 radical (unpaired) electrons. The third-order valence-electron chi connectivity index (χ3n) is 3.89. The summed E-state index contributed by atoms with van der Waals surface area (Å²) in [6, 6.07) is 11.9. The molecule has 0 N–H and O–H groups in total. The molecule has 1 aliphatic rings. The quantitative estimate of drug-likeness (QED) is 0.852. The lowest BCUT2D eigenvalue weighted by Gasteiger charge is -2.35. The van der Waals surface area contributed by atoms with E-state index in [9.17, 15) is 8.42 Å². The Labute approximate surface area is 135 Å². The molecule has 0 atom stereocenters. The molecule has 23 heavy (non-hydrogen) atoms. The van der Waals surface area contributed by atoms with E-state index in [0.29, 0.717) is 31.7 Å². The molecule has 0 aliphatic carbocycles. The molecule has 7 heteroatoms. The van der Waals surface area contributed by atoms with Crippen molar-refractivity contribution in [1.82, 2.24) is 9.29 Å². The van der Waals surface area contributed by atoms with E-state index in [1.54, 1.807) is 12.4 Å². The van der Waals surface area contributed by atoms with Crippen molar-refractivity contribution in [2.45, 2.75) is 4.90 Å². The first-order valence-corrected chi connectivity index (χ1v) is 8.70. The first-order valence-electron chi connectivity index (χ1n) is 7.26. The second-order valence-electron chi connectivity index (χ2n) is 5.23. The van der Waals surface area contributed by atoms with E-state index in [1.807, 2.05) is 18.2 Å². The smallest absolute Gasteiger partial charge is 0.243 e. The Morgan fingerprint density at radius 1 is 0.957 bits per heavy atom. The summed E-state index contributed by atoms with van der Waals surface area (Å²) >= 11 is 0. The highest BCUT2D eigenvalue weighted by molar-refractivity contribution is 7.89. The van der Waals surface area contributed by atoms with Gasteiger partial charge in [0.15, 0.2) is 0 Å². The summed E-state index contributed by atoms with van der Waals surface area (Å²) in [5.41, 5.74) is 1.50. The van der Waals surface area contributed by atoms with Gasteiger partial charge in [0.05, 0.1) is 16.5 Å². The van der Waals surface area contributed by atoms with Gasteiger partial charge in [-0.3, -0.25) is 4.98 Å². The fourth-order valence-corrected chi connectivity index (χ4v) is 4.01. The maximum Gasteiger partial charge on any atom is 0.243 e. The van der Waals surface area contributed by atoms with Gasteiger partial charge in [-0.1, -0.05) is 0 Å². The van der Waals surface area contributed by atoms with E-state index in [1.165, 1.54) is 28.6 Å². The van der Waals surface area contributed by atoms with E-state index >= 15 is 0 Å². The molecule has 1 aromatic heterocycles. The molecule has 0 spiro atoms. The van der Waals surface area contributed by atoms with E-state index in [0.717, 1.165) is 5.69 Å². The number of aromatic nitrogens is 1. The number of nitrogens with zero attached hydrogens (tertiary/aromatic N) is 4. The van der Waals surface area contributed by atoms with Crippen molar-refractivity contribution in [3.05, 3.63) is 54.4 Å². The van der Waals surface area contributed by atoms with E-state index in [2.05, 4.69) is 9.88 Å². The summed E-state index contributed by atoms with van der Waals surface area (Å²) in [5, 5.41) is 8.80. The van der Waals surface area contributed by atoms with E-state index in [4.69, 9.17) is 5.26 Å². The summed E-state index contributed by atoms with van der Waals surface area (Å²) in [7, 11) is -3.51. The Hall–Kier alpha value is -2.43. The lowest BCUT2D eigenvalue weighted by Crippen LogP contribution is -2.48. The number of nitriles is 1. The van der Waals surface area contributed by atoms with Gasteiger partial charge in [0.1, 0.15) is 0 Å². The fourth-order valence-electron chi connectivity index (χ4n) is 2.59. The van der Waals surface area contributed by atoms with Crippen LogP contribution >= 0.6 is 0 Å². The van der Waals surface area contributed by atoms with E-state index < -0.39 is 10.0 Å². The van der Waals surface area contributed by atoms with Gasteiger partial charge in [-0.05, 0) is 36.4 Å². The average Bonchev–Trinajstić information content (AvgIpc) is 2.62. The zero-order valence-corrected chi connectivity index (χ0v) is 13.3. The Morgan fingerprint density at radius 3 is 2.13 bits per heavy atom. The Bertz CT molecular complexity index is 805. The molecule has 3 rings (SSSR count). The topological polar surface area (TPSA) is 77.3 Å². The van der Waals surface area contributed by atoms with Crippen LogP contribution in [0.3, 0.4) is 0 Å². The van der Waals surface area contributed by atoms with Gasteiger partial charge >= 0.3 is 0 Å². The zero-order valence-electron chi connectivity index (χ0n) is 12.5. The van der Waals surface area contributed by atoms with Gasteiger partial charge in [0.2, 0.25) is 10.0 Å². The van der Waals surface area contributed by atoms with Crippen LogP contribution in [-0.4, -0.2) is 43.9 Å². The molecule has 6 nitrogen and oxygen atoms in total. The molecule has 1 aromatic carbocycles. The maximum atomic E-state index is 12.6. The van der Waals surface area contributed by atoms with E-state index in [-0.39, 0.29) is 4.90 Å². The van der Waals surface area contributed by atoms with Crippen LogP contribution in [0.1, 0.15) is 5.56 Å². The number of piperazine rings is 1. The predicted octanol–water partition coefficient (Wildman–Crippen LogP) is 1.46. The minimum Gasteiger partial charge on any atom is -0.369 e. The first-order chi connectivity index (χ1) is 11.1. The minimum absolute atomic E-state index is 0.230. The van der Waals surface area contributed by atoms with Crippen molar-refractivity contribution in [2.24, 2.45) is 0 Å². The van der Waals surface area contributed by atoms with Gasteiger partial charge in [0.25, 0.3) is 0 Å². The molecule has 1 saturated heterocycles. The third-order valence-corrected chi connectivity index (χ3v) is 5.80. The van der Waals surface area contributed by atoms with Gasteiger partial charge in [0, 0.05) is 44.3 Å². The highest BCUT2D eigenvalue weighted by Crippen LogP contribution is 2.20. The molecular weight excluding hydrogens is 312 g/mol.